The monoisotopic (exact) mass is 436 g/mol. The summed E-state index contributed by atoms with van der Waals surface area (Å²) >= 11 is 0. The molecule has 1 aliphatic heterocycles. The first-order valence-corrected chi connectivity index (χ1v) is 10.7. The molecule has 0 bridgehead atoms. The van der Waals surface area contributed by atoms with Crippen LogP contribution >= 0.6 is 0 Å². The van der Waals surface area contributed by atoms with Gasteiger partial charge in [0.25, 0.3) is 11.5 Å². The van der Waals surface area contributed by atoms with E-state index in [4.69, 9.17) is 0 Å². The highest BCUT2D eigenvalue weighted by Crippen LogP contribution is 2.23. The zero-order valence-corrected chi connectivity index (χ0v) is 18.5. The number of aromatic nitrogens is 3. The van der Waals surface area contributed by atoms with Crippen LogP contribution in [0.3, 0.4) is 0 Å². The maximum atomic E-state index is 12.9. The Kier molecular flexibility index (Phi) is 6.20. The van der Waals surface area contributed by atoms with Gasteiger partial charge in [-0.1, -0.05) is 30.3 Å². The van der Waals surface area contributed by atoms with Gasteiger partial charge in [0, 0.05) is 39.8 Å². The van der Waals surface area contributed by atoms with Crippen LogP contribution in [-0.4, -0.2) is 44.6 Å². The molecule has 2 N–H and O–H groups in total. The van der Waals surface area contributed by atoms with Crippen LogP contribution in [0.25, 0.3) is 11.0 Å². The van der Waals surface area contributed by atoms with Crippen molar-refractivity contribution < 1.29 is 4.79 Å². The number of fused-ring (bicyclic) bond motifs is 1. The third-order valence-corrected chi connectivity index (χ3v) is 6.10. The first-order valence-electron chi connectivity index (χ1n) is 10.7. The van der Waals surface area contributed by atoms with Gasteiger partial charge in [-0.25, -0.2) is 9.78 Å². The molecule has 1 aromatic carbocycles. The molecule has 3 heterocycles. The number of rotatable bonds is 6. The van der Waals surface area contributed by atoms with E-state index in [0.29, 0.717) is 24.0 Å². The first kappa shape index (κ1) is 21.9. The van der Waals surface area contributed by atoms with Crippen molar-refractivity contribution in [3.8, 4) is 0 Å². The summed E-state index contributed by atoms with van der Waals surface area (Å²) in [7, 11) is 4.71. The van der Waals surface area contributed by atoms with Crippen LogP contribution in [0, 0.1) is 0 Å². The summed E-state index contributed by atoms with van der Waals surface area (Å²) in [6, 6.07) is 14.1. The maximum Gasteiger partial charge on any atom is 0.332 e. The fourth-order valence-corrected chi connectivity index (χ4v) is 4.16. The first-order chi connectivity index (χ1) is 15.4. The van der Waals surface area contributed by atoms with Crippen LogP contribution in [0.1, 0.15) is 41.4 Å². The topological polar surface area (TPSA) is 101 Å². The summed E-state index contributed by atoms with van der Waals surface area (Å²) in [5.41, 5.74) is 7.50. The number of carbonyl (C=O) groups is 1. The molecular formula is C23H28N6O3. The minimum absolute atomic E-state index is 0.213. The Morgan fingerprint density at radius 3 is 2.59 bits per heavy atom. The van der Waals surface area contributed by atoms with Crippen LogP contribution in [0.5, 0.6) is 0 Å². The molecule has 0 spiro atoms. The number of carbonyl (C=O) groups excluding carboxylic acids is 1. The zero-order valence-electron chi connectivity index (χ0n) is 18.5. The van der Waals surface area contributed by atoms with Crippen molar-refractivity contribution in [3.05, 3.63) is 74.6 Å². The normalized spacial score (nSPS) is 18.2. The lowest BCUT2D eigenvalue weighted by atomic mass is 10.00. The van der Waals surface area contributed by atoms with Gasteiger partial charge < -0.3 is 4.90 Å². The molecule has 2 atom stereocenters. The van der Waals surface area contributed by atoms with Gasteiger partial charge >= 0.3 is 5.69 Å². The second-order valence-corrected chi connectivity index (χ2v) is 8.33. The number of hydrazine groups is 1. The second-order valence-electron chi connectivity index (χ2n) is 8.33. The number of amides is 1. The number of aryl methyl sites for hydroxylation is 1. The van der Waals surface area contributed by atoms with E-state index in [0.717, 1.165) is 23.8 Å². The van der Waals surface area contributed by atoms with Crippen molar-refractivity contribution in [3.63, 3.8) is 0 Å². The molecule has 32 heavy (non-hydrogen) atoms. The highest BCUT2D eigenvalue weighted by Gasteiger charge is 2.24. The van der Waals surface area contributed by atoms with Crippen molar-refractivity contribution in [2.24, 2.45) is 14.1 Å². The zero-order chi connectivity index (χ0) is 22.8. The van der Waals surface area contributed by atoms with Crippen LogP contribution in [-0.2, 0) is 14.1 Å². The van der Waals surface area contributed by atoms with Gasteiger partial charge in [0.05, 0.1) is 5.39 Å². The Hall–Kier alpha value is -3.30. The summed E-state index contributed by atoms with van der Waals surface area (Å²) in [6.45, 7) is 0.586. The smallest absolute Gasteiger partial charge is 0.332 e. The van der Waals surface area contributed by atoms with E-state index in [2.05, 4.69) is 28.0 Å². The van der Waals surface area contributed by atoms with Gasteiger partial charge in [0.15, 0.2) is 0 Å². The highest BCUT2D eigenvalue weighted by molar-refractivity contribution is 5.94. The number of hydrogen-bond acceptors (Lipinski definition) is 6. The SMILES string of the molecule is CN(CCCC1CC(c2ccccc2)NN1)C(=O)c1ccc2c(=O)n(C)c(=O)n(C)c2n1. The van der Waals surface area contributed by atoms with Crippen molar-refractivity contribution in [1.29, 1.82) is 0 Å². The second kappa shape index (κ2) is 9.05. The molecule has 0 aliphatic carbocycles. The molecule has 1 amide bonds. The lowest BCUT2D eigenvalue weighted by Crippen LogP contribution is -2.37. The summed E-state index contributed by atoms with van der Waals surface area (Å²) in [5.74, 6) is -0.236. The van der Waals surface area contributed by atoms with Crippen molar-refractivity contribution in [1.82, 2.24) is 29.9 Å². The van der Waals surface area contributed by atoms with Gasteiger partial charge in [-0.05, 0) is 37.0 Å². The molecule has 2 aromatic heterocycles. The molecule has 4 rings (SSSR count). The Morgan fingerprint density at radius 1 is 1.09 bits per heavy atom. The molecule has 1 saturated heterocycles. The minimum atomic E-state index is -0.473. The quantitative estimate of drug-likeness (QED) is 0.600. The average Bonchev–Trinajstić information content (AvgIpc) is 3.30. The van der Waals surface area contributed by atoms with E-state index in [1.165, 1.54) is 17.2 Å². The number of nitrogens with one attached hydrogen (secondary N) is 2. The Labute approximate surface area is 185 Å². The van der Waals surface area contributed by atoms with E-state index in [1.54, 1.807) is 31.1 Å². The molecule has 9 heteroatoms. The fraction of sp³-hybridized carbons (Fsp3) is 0.391. The third-order valence-electron chi connectivity index (χ3n) is 6.10. The van der Waals surface area contributed by atoms with E-state index < -0.39 is 11.2 Å². The molecule has 3 aromatic rings. The van der Waals surface area contributed by atoms with Crippen LogP contribution in [0.2, 0.25) is 0 Å². The molecule has 1 aliphatic rings. The number of pyridine rings is 1. The lowest BCUT2D eigenvalue weighted by Gasteiger charge is -2.18. The molecule has 168 valence electrons. The van der Waals surface area contributed by atoms with Crippen molar-refractivity contribution in [2.45, 2.75) is 31.3 Å². The maximum absolute atomic E-state index is 12.9. The Balaban J connectivity index is 1.37. The van der Waals surface area contributed by atoms with Crippen molar-refractivity contribution in [2.75, 3.05) is 13.6 Å². The summed E-state index contributed by atoms with van der Waals surface area (Å²) in [5, 5.41) is 0.307. The Morgan fingerprint density at radius 2 is 1.84 bits per heavy atom. The summed E-state index contributed by atoms with van der Waals surface area (Å²) in [6.07, 6.45) is 2.77. The van der Waals surface area contributed by atoms with Gasteiger partial charge in [0.2, 0.25) is 0 Å². The predicted molar refractivity (Wildman–Crippen MR) is 122 cm³/mol. The van der Waals surface area contributed by atoms with E-state index in [-0.39, 0.29) is 17.2 Å². The number of hydrogen-bond donors (Lipinski definition) is 2. The van der Waals surface area contributed by atoms with E-state index >= 15 is 0 Å². The van der Waals surface area contributed by atoms with Crippen LogP contribution in [0.4, 0.5) is 0 Å². The van der Waals surface area contributed by atoms with Gasteiger partial charge in [0.1, 0.15) is 11.3 Å². The lowest BCUT2D eigenvalue weighted by molar-refractivity contribution is 0.0786. The third kappa shape index (κ3) is 4.21. The molecule has 0 radical (unpaired) electrons. The van der Waals surface area contributed by atoms with Crippen LogP contribution < -0.4 is 22.1 Å². The molecular weight excluding hydrogens is 408 g/mol. The minimum Gasteiger partial charge on any atom is -0.340 e. The van der Waals surface area contributed by atoms with Crippen LogP contribution in [0.15, 0.2) is 52.1 Å². The predicted octanol–water partition coefficient (Wildman–Crippen LogP) is 1.09. The van der Waals surface area contributed by atoms with E-state index in [9.17, 15) is 14.4 Å². The number of nitrogens with zero attached hydrogens (tertiary/aromatic N) is 4. The van der Waals surface area contributed by atoms with Gasteiger partial charge in [-0.15, -0.1) is 0 Å². The highest BCUT2D eigenvalue weighted by atomic mass is 16.2. The summed E-state index contributed by atoms with van der Waals surface area (Å²) in [4.78, 5) is 43.3. The fourth-order valence-electron chi connectivity index (χ4n) is 4.16. The van der Waals surface area contributed by atoms with Gasteiger partial charge in [-0.3, -0.25) is 29.6 Å². The van der Waals surface area contributed by atoms with Gasteiger partial charge in [-0.2, -0.15) is 0 Å². The van der Waals surface area contributed by atoms with E-state index in [1.807, 2.05) is 18.2 Å². The standard InChI is InChI=1S/C23H28N6O3/c1-27(13-7-10-16-14-19(26-25-16)15-8-5-4-6-9-15)22(31)18-12-11-17-20(24-18)28(2)23(32)29(3)21(17)30/h4-6,8-9,11-12,16,19,25-26H,7,10,13-14H2,1-3H3. The molecule has 1 fully saturated rings. The summed E-state index contributed by atoms with van der Waals surface area (Å²) < 4.78 is 2.32. The molecule has 0 saturated carbocycles. The number of benzene rings is 1. The molecule has 9 nitrogen and oxygen atoms in total. The molecule has 2 unspecified atom stereocenters. The average molecular weight is 437 g/mol. The Bertz CT molecular complexity index is 1250. The van der Waals surface area contributed by atoms with Crippen molar-refractivity contribution >= 4 is 16.9 Å². The largest absolute Gasteiger partial charge is 0.340 e.